The molecule has 0 aromatic heterocycles. The van der Waals surface area contributed by atoms with Crippen molar-refractivity contribution < 1.29 is 24.5 Å². The Labute approximate surface area is 64.5 Å². The summed E-state index contributed by atoms with van der Waals surface area (Å²) in [5.74, 6) is -0.832. The molecule has 0 heterocycles. The maximum atomic E-state index is 10.6. The minimum absolute atomic E-state index is 0.0834. The number of carbonyl (C=O) groups is 1. The van der Waals surface area contributed by atoms with Crippen molar-refractivity contribution >= 4 is 5.97 Å². The van der Waals surface area contributed by atoms with E-state index in [1.807, 2.05) is 0 Å². The van der Waals surface area contributed by atoms with Gasteiger partial charge in [0, 0.05) is 0 Å². The van der Waals surface area contributed by atoms with E-state index in [4.69, 9.17) is 10.2 Å². The van der Waals surface area contributed by atoms with Crippen molar-refractivity contribution in [3.8, 4) is 0 Å². The molecule has 0 bridgehead atoms. The molecule has 5 nitrogen and oxygen atoms in total. The van der Waals surface area contributed by atoms with E-state index in [1.165, 1.54) is 0 Å². The number of rotatable bonds is 5. The molecule has 0 saturated heterocycles. The standard InChI is InChI=1S/C6H12O5/c1-2-10-5(8)6(9)11-4-3-7/h6-7,9H,2-4H2,1H3. The number of aliphatic hydroxyl groups excluding tert-OH is 2. The monoisotopic (exact) mass is 164 g/mol. The second-order valence-electron chi connectivity index (χ2n) is 1.70. The highest BCUT2D eigenvalue weighted by Gasteiger charge is 2.15. The average molecular weight is 164 g/mol. The van der Waals surface area contributed by atoms with E-state index in [0.717, 1.165) is 0 Å². The van der Waals surface area contributed by atoms with Crippen molar-refractivity contribution in [2.24, 2.45) is 0 Å². The number of aliphatic hydroxyl groups is 2. The largest absolute Gasteiger partial charge is 0.462 e. The van der Waals surface area contributed by atoms with E-state index in [2.05, 4.69) is 9.47 Å². The normalized spacial score (nSPS) is 12.6. The van der Waals surface area contributed by atoms with Crippen LogP contribution in [-0.4, -0.2) is 42.3 Å². The van der Waals surface area contributed by atoms with E-state index in [0.29, 0.717) is 0 Å². The minimum Gasteiger partial charge on any atom is -0.462 e. The van der Waals surface area contributed by atoms with Gasteiger partial charge in [-0.1, -0.05) is 0 Å². The van der Waals surface area contributed by atoms with Gasteiger partial charge in [-0.15, -0.1) is 0 Å². The molecule has 0 amide bonds. The predicted octanol–water partition coefficient (Wildman–Crippen LogP) is -1.12. The van der Waals surface area contributed by atoms with Gasteiger partial charge in [-0.05, 0) is 6.92 Å². The Morgan fingerprint density at radius 1 is 1.64 bits per heavy atom. The highest BCUT2D eigenvalue weighted by molar-refractivity contribution is 5.72. The van der Waals surface area contributed by atoms with Gasteiger partial charge >= 0.3 is 5.97 Å². The lowest BCUT2D eigenvalue weighted by Gasteiger charge is -2.08. The lowest BCUT2D eigenvalue weighted by atomic mass is 10.6. The molecule has 2 N–H and O–H groups in total. The highest BCUT2D eigenvalue weighted by atomic mass is 16.6. The van der Waals surface area contributed by atoms with Gasteiger partial charge in [0.2, 0.25) is 0 Å². The molecule has 0 saturated carbocycles. The summed E-state index contributed by atoms with van der Waals surface area (Å²) >= 11 is 0. The highest BCUT2D eigenvalue weighted by Crippen LogP contribution is 1.90. The Balaban J connectivity index is 3.46. The molecule has 5 heteroatoms. The Morgan fingerprint density at radius 3 is 2.73 bits per heavy atom. The van der Waals surface area contributed by atoms with Gasteiger partial charge in [0.15, 0.2) is 0 Å². The molecule has 0 fully saturated rings. The van der Waals surface area contributed by atoms with Crippen LogP contribution in [0.5, 0.6) is 0 Å². The van der Waals surface area contributed by atoms with Crippen LogP contribution in [0.4, 0.5) is 0 Å². The van der Waals surface area contributed by atoms with Crippen LogP contribution in [0.15, 0.2) is 0 Å². The van der Waals surface area contributed by atoms with Crippen LogP contribution in [0.3, 0.4) is 0 Å². The molecular weight excluding hydrogens is 152 g/mol. The van der Waals surface area contributed by atoms with Crippen LogP contribution in [0, 0.1) is 0 Å². The fraction of sp³-hybridized carbons (Fsp3) is 0.833. The third-order valence-electron chi connectivity index (χ3n) is 0.855. The van der Waals surface area contributed by atoms with Gasteiger partial charge in [-0.25, -0.2) is 4.79 Å². The Bertz CT molecular complexity index is 114. The van der Waals surface area contributed by atoms with Gasteiger partial charge in [0.1, 0.15) is 0 Å². The van der Waals surface area contributed by atoms with Gasteiger partial charge < -0.3 is 19.7 Å². The molecule has 1 unspecified atom stereocenters. The maximum absolute atomic E-state index is 10.6. The van der Waals surface area contributed by atoms with Crippen molar-refractivity contribution in [2.45, 2.75) is 13.2 Å². The zero-order valence-electron chi connectivity index (χ0n) is 6.32. The van der Waals surface area contributed by atoms with E-state index in [1.54, 1.807) is 6.92 Å². The SMILES string of the molecule is CCOC(=O)C(O)OCCO. The zero-order chi connectivity index (χ0) is 8.69. The van der Waals surface area contributed by atoms with Gasteiger partial charge in [0.25, 0.3) is 6.29 Å². The van der Waals surface area contributed by atoms with Crippen molar-refractivity contribution in [3.63, 3.8) is 0 Å². The first kappa shape index (κ1) is 10.3. The molecule has 0 rings (SSSR count). The summed E-state index contributed by atoms with van der Waals surface area (Å²) in [5, 5.41) is 17.0. The number of hydrogen-bond acceptors (Lipinski definition) is 5. The molecule has 0 aliphatic carbocycles. The lowest BCUT2D eigenvalue weighted by Crippen LogP contribution is -2.27. The summed E-state index contributed by atoms with van der Waals surface area (Å²) < 4.78 is 8.84. The average Bonchev–Trinajstić information content (AvgIpc) is 2.00. The summed E-state index contributed by atoms with van der Waals surface area (Å²) in [7, 11) is 0. The summed E-state index contributed by atoms with van der Waals surface area (Å²) in [6, 6.07) is 0. The van der Waals surface area contributed by atoms with Gasteiger partial charge in [0.05, 0.1) is 19.8 Å². The van der Waals surface area contributed by atoms with E-state index < -0.39 is 12.3 Å². The molecule has 0 spiro atoms. The molecule has 11 heavy (non-hydrogen) atoms. The lowest BCUT2D eigenvalue weighted by molar-refractivity contribution is -0.183. The Hall–Kier alpha value is -0.650. The molecule has 0 aliphatic heterocycles. The molecule has 0 aromatic carbocycles. The quantitative estimate of drug-likeness (QED) is 0.397. The number of esters is 1. The summed E-state index contributed by atoms with van der Waals surface area (Å²) in [4.78, 5) is 10.6. The maximum Gasteiger partial charge on any atom is 0.363 e. The van der Waals surface area contributed by atoms with Crippen LogP contribution in [0.2, 0.25) is 0 Å². The smallest absolute Gasteiger partial charge is 0.363 e. The van der Waals surface area contributed by atoms with Crippen molar-refractivity contribution in [3.05, 3.63) is 0 Å². The first-order valence-corrected chi connectivity index (χ1v) is 3.29. The minimum atomic E-state index is -1.58. The summed E-state index contributed by atoms with van der Waals surface area (Å²) in [6.07, 6.45) is -1.58. The second-order valence-corrected chi connectivity index (χ2v) is 1.70. The zero-order valence-corrected chi connectivity index (χ0v) is 6.32. The second kappa shape index (κ2) is 6.09. The van der Waals surface area contributed by atoms with Crippen LogP contribution in [0.1, 0.15) is 6.92 Å². The third-order valence-corrected chi connectivity index (χ3v) is 0.855. The third kappa shape index (κ3) is 4.72. The number of ether oxygens (including phenoxy) is 2. The molecule has 1 atom stereocenters. The molecular formula is C6H12O5. The van der Waals surface area contributed by atoms with Crippen LogP contribution in [0.25, 0.3) is 0 Å². The van der Waals surface area contributed by atoms with Crippen molar-refractivity contribution in [1.29, 1.82) is 0 Å². The van der Waals surface area contributed by atoms with Gasteiger partial charge in [-0.2, -0.15) is 0 Å². The van der Waals surface area contributed by atoms with E-state index >= 15 is 0 Å². The fourth-order valence-corrected chi connectivity index (χ4v) is 0.446. The molecule has 0 aromatic rings. The Kier molecular flexibility index (Phi) is 5.73. The predicted molar refractivity (Wildman–Crippen MR) is 35.7 cm³/mol. The topological polar surface area (TPSA) is 76.0 Å². The molecule has 66 valence electrons. The van der Waals surface area contributed by atoms with E-state index in [-0.39, 0.29) is 19.8 Å². The molecule has 0 radical (unpaired) electrons. The van der Waals surface area contributed by atoms with Crippen LogP contribution >= 0.6 is 0 Å². The number of carbonyl (C=O) groups excluding carboxylic acids is 1. The van der Waals surface area contributed by atoms with E-state index in [9.17, 15) is 4.79 Å². The summed E-state index contributed by atoms with van der Waals surface area (Å²) in [5.41, 5.74) is 0. The first-order chi connectivity index (χ1) is 5.22. The first-order valence-electron chi connectivity index (χ1n) is 3.29. The van der Waals surface area contributed by atoms with Crippen LogP contribution < -0.4 is 0 Å². The van der Waals surface area contributed by atoms with Crippen LogP contribution in [-0.2, 0) is 14.3 Å². The Morgan fingerprint density at radius 2 is 2.27 bits per heavy atom. The number of hydrogen-bond donors (Lipinski definition) is 2. The van der Waals surface area contributed by atoms with Crippen molar-refractivity contribution in [1.82, 2.24) is 0 Å². The van der Waals surface area contributed by atoms with Crippen molar-refractivity contribution in [2.75, 3.05) is 19.8 Å². The van der Waals surface area contributed by atoms with Gasteiger partial charge in [-0.3, -0.25) is 0 Å². The fourth-order valence-electron chi connectivity index (χ4n) is 0.446. The molecule has 0 aliphatic rings. The summed E-state index contributed by atoms with van der Waals surface area (Å²) in [6.45, 7) is 1.49.